The summed E-state index contributed by atoms with van der Waals surface area (Å²) in [5, 5.41) is 6.86. The Balaban J connectivity index is 2.85. The van der Waals surface area contributed by atoms with Gasteiger partial charge >= 0.3 is 13.2 Å². The Morgan fingerprint density at radius 2 is 1.83 bits per heavy atom. The van der Waals surface area contributed by atoms with Crippen LogP contribution in [0.1, 0.15) is 19.4 Å². The van der Waals surface area contributed by atoms with Crippen molar-refractivity contribution in [2.75, 3.05) is 0 Å². The van der Waals surface area contributed by atoms with Gasteiger partial charge in [0.05, 0.1) is 6.21 Å². The van der Waals surface area contributed by atoms with Crippen molar-refractivity contribution in [2.45, 2.75) is 33.1 Å². The van der Waals surface area contributed by atoms with E-state index in [0.29, 0.717) is 0 Å². The van der Waals surface area contributed by atoms with E-state index in [9.17, 15) is 17.6 Å². The molecule has 128 valence electrons. The third-order valence-electron chi connectivity index (χ3n) is 2.22. The molecule has 0 aliphatic rings. The number of nitrogens with one attached hydrogen (secondary N) is 2. The summed E-state index contributed by atoms with van der Waals surface area (Å²) >= 11 is 4.93. The van der Waals surface area contributed by atoms with Crippen molar-refractivity contribution in [1.82, 2.24) is 10.7 Å². The van der Waals surface area contributed by atoms with Gasteiger partial charge in [0, 0.05) is 17.7 Å². The average molecular weight is 353 g/mol. The van der Waals surface area contributed by atoms with Gasteiger partial charge in [-0.2, -0.15) is 22.7 Å². The molecule has 23 heavy (non-hydrogen) atoms. The SMILES string of the molecule is CC(C)NC(=S)N/N=C\c1ccc(OC(F)F)cc1OC(F)F. The first-order valence-corrected chi connectivity index (χ1v) is 6.82. The Kier molecular flexibility index (Phi) is 7.52. The quantitative estimate of drug-likeness (QED) is 0.341. The van der Waals surface area contributed by atoms with E-state index in [0.717, 1.165) is 12.3 Å². The van der Waals surface area contributed by atoms with E-state index in [2.05, 4.69) is 25.3 Å². The van der Waals surface area contributed by atoms with Crippen LogP contribution in [0.2, 0.25) is 0 Å². The highest BCUT2D eigenvalue weighted by Crippen LogP contribution is 2.26. The molecule has 2 N–H and O–H groups in total. The molecule has 1 aromatic carbocycles. The summed E-state index contributed by atoms with van der Waals surface area (Å²) in [5.41, 5.74) is 2.62. The van der Waals surface area contributed by atoms with Gasteiger partial charge in [0.25, 0.3) is 0 Å². The molecule has 0 spiro atoms. The van der Waals surface area contributed by atoms with E-state index >= 15 is 0 Å². The van der Waals surface area contributed by atoms with Gasteiger partial charge in [-0.15, -0.1) is 0 Å². The number of thiocarbonyl (C=S) groups is 1. The van der Waals surface area contributed by atoms with Gasteiger partial charge in [-0.05, 0) is 38.2 Å². The molecule has 0 aromatic heterocycles. The lowest BCUT2D eigenvalue weighted by Gasteiger charge is -2.11. The molecule has 5 nitrogen and oxygen atoms in total. The number of alkyl halides is 4. The number of hydrazone groups is 1. The second kappa shape index (κ2) is 9.13. The van der Waals surface area contributed by atoms with Crippen LogP contribution in [0, 0.1) is 0 Å². The molecule has 0 fully saturated rings. The summed E-state index contributed by atoms with van der Waals surface area (Å²) < 4.78 is 57.4. The fourth-order valence-electron chi connectivity index (χ4n) is 1.45. The lowest BCUT2D eigenvalue weighted by Crippen LogP contribution is -2.36. The standard InChI is InChI=1S/C13H15F4N3O2S/c1-7(2)19-13(23)20-18-6-8-3-4-9(21-11(14)15)5-10(8)22-12(16)17/h3-7,11-12H,1-2H3,(H2,19,20,23)/b18-6-. The highest BCUT2D eigenvalue weighted by molar-refractivity contribution is 7.80. The van der Waals surface area contributed by atoms with Gasteiger partial charge in [0.2, 0.25) is 0 Å². The van der Waals surface area contributed by atoms with Gasteiger partial charge in [0.15, 0.2) is 5.11 Å². The van der Waals surface area contributed by atoms with Crippen LogP contribution >= 0.6 is 12.2 Å². The zero-order chi connectivity index (χ0) is 17.4. The van der Waals surface area contributed by atoms with Crippen LogP contribution in [0.5, 0.6) is 11.5 Å². The lowest BCUT2D eigenvalue weighted by molar-refractivity contribution is -0.0543. The molecule has 1 rings (SSSR count). The molecule has 0 saturated heterocycles. The number of ether oxygens (including phenoxy) is 2. The minimum Gasteiger partial charge on any atom is -0.435 e. The molecule has 10 heteroatoms. The van der Waals surface area contributed by atoms with Crippen molar-refractivity contribution in [2.24, 2.45) is 5.10 Å². The minimum atomic E-state index is -3.12. The number of nitrogens with zero attached hydrogens (tertiary/aromatic N) is 1. The maximum atomic E-state index is 12.4. The third kappa shape index (κ3) is 7.63. The number of hydrogen-bond acceptors (Lipinski definition) is 4. The average Bonchev–Trinajstić information content (AvgIpc) is 2.39. The smallest absolute Gasteiger partial charge is 0.387 e. The van der Waals surface area contributed by atoms with Gasteiger partial charge in [0.1, 0.15) is 11.5 Å². The highest BCUT2D eigenvalue weighted by Gasteiger charge is 2.12. The van der Waals surface area contributed by atoms with Gasteiger partial charge in [-0.25, -0.2) is 0 Å². The summed E-state index contributed by atoms with van der Waals surface area (Å²) in [6.07, 6.45) is 1.16. The molecular formula is C13H15F4N3O2S. The monoisotopic (exact) mass is 353 g/mol. The van der Waals surface area contributed by atoms with Crippen molar-refractivity contribution in [3.63, 3.8) is 0 Å². The topological polar surface area (TPSA) is 54.9 Å². The van der Waals surface area contributed by atoms with Gasteiger partial charge in [-0.3, -0.25) is 5.43 Å². The zero-order valence-corrected chi connectivity index (χ0v) is 13.0. The molecule has 0 amide bonds. The Bertz CT molecular complexity index is 556. The lowest BCUT2D eigenvalue weighted by atomic mass is 10.2. The third-order valence-corrected chi connectivity index (χ3v) is 2.42. The molecule has 0 unspecified atom stereocenters. The summed E-state index contributed by atoms with van der Waals surface area (Å²) in [7, 11) is 0. The van der Waals surface area contributed by atoms with E-state index < -0.39 is 13.2 Å². The van der Waals surface area contributed by atoms with Crippen LogP contribution in [0.3, 0.4) is 0 Å². The molecule has 0 aliphatic carbocycles. The molecule has 0 bridgehead atoms. The van der Waals surface area contributed by atoms with Crippen LogP contribution in [-0.2, 0) is 0 Å². The Morgan fingerprint density at radius 3 is 2.39 bits per heavy atom. The predicted octanol–water partition coefficient (Wildman–Crippen LogP) is 3.10. The predicted molar refractivity (Wildman–Crippen MR) is 81.3 cm³/mol. The first-order valence-electron chi connectivity index (χ1n) is 6.41. The van der Waals surface area contributed by atoms with Crippen LogP contribution < -0.4 is 20.2 Å². The molecular weight excluding hydrogens is 338 g/mol. The second-order valence-electron chi connectivity index (χ2n) is 4.45. The van der Waals surface area contributed by atoms with Gasteiger partial charge in [-0.1, -0.05) is 0 Å². The van der Waals surface area contributed by atoms with Crippen LogP contribution in [-0.4, -0.2) is 30.6 Å². The van der Waals surface area contributed by atoms with Crippen molar-refractivity contribution in [3.05, 3.63) is 23.8 Å². The number of hydrogen-bond donors (Lipinski definition) is 2. The van der Waals surface area contributed by atoms with Crippen molar-refractivity contribution in [3.8, 4) is 11.5 Å². The summed E-state index contributed by atoms with van der Waals surface area (Å²) in [5.74, 6) is -0.663. The summed E-state index contributed by atoms with van der Waals surface area (Å²) in [6.45, 7) is -2.46. The Hall–Kier alpha value is -2.10. The Morgan fingerprint density at radius 1 is 1.17 bits per heavy atom. The normalized spacial score (nSPS) is 11.3. The van der Waals surface area contributed by atoms with Crippen LogP contribution in [0.15, 0.2) is 23.3 Å². The first kappa shape index (κ1) is 18.9. The first-order chi connectivity index (χ1) is 10.8. The second-order valence-corrected chi connectivity index (χ2v) is 4.86. The fourth-order valence-corrected chi connectivity index (χ4v) is 1.74. The minimum absolute atomic E-state index is 0.0914. The van der Waals surface area contributed by atoms with Crippen LogP contribution in [0.4, 0.5) is 17.6 Å². The van der Waals surface area contributed by atoms with Crippen LogP contribution in [0.25, 0.3) is 0 Å². The van der Waals surface area contributed by atoms with E-state index in [1.807, 2.05) is 13.8 Å². The number of rotatable bonds is 7. The van der Waals surface area contributed by atoms with E-state index in [4.69, 9.17) is 12.2 Å². The summed E-state index contributed by atoms with van der Waals surface area (Å²) in [6, 6.07) is 3.44. The number of benzene rings is 1. The van der Waals surface area contributed by atoms with Gasteiger partial charge < -0.3 is 14.8 Å². The van der Waals surface area contributed by atoms with E-state index in [1.54, 1.807) is 0 Å². The molecule has 0 radical (unpaired) electrons. The summed E-state index contributed by atoms with van der Waals surface area (Å²) in [4.78, 5) is 0. The molecule has 0 atom stereocenters. The maximum Gasteiger partial charge on any atom is 0.387 e. The largest absolute Gasteiger partial charge is 0.435 e. The van der Waals surface area contributed by atoms with Crippen molar-refractivity contribution in [1.29, 1.82) is 0 Å². The van der Waals surface area contributed by atoms with E-state index in [1.165, 1.54) is 12.1 Å². The molecule has 0 heterocycles. The molecule has 0 saturated carbocycles. The zero-order valence-electron chi connectivity index (χ0n) is 12.2. The van der Waals surface area contributed by atoms with E-state index in [-0.39, 0.29) is 28.2 Å². The highest BCUT2D eigenvalue weighted by atomic mass is 32.1. The van der Waals surface area contributed by atoms with Crippen molar-refractivity contribution >= 4 is 23.5 Å². The maximum absolute atomic E-state index is 12.4. The number of halogens is 4. The molecule has 0 aliphatic heterocycles. The van der Waals surface area contributed by atoms with Crippen molar-refractivity contribution < 1.29 is 27.0 Å². The fraction of sp³-hybridized carbons (Fsp3) is 0.385. The molecule has 1 aromatic rings. The Labute approximate surface area is 135 Å².